The molecule has 0 bridgehead atoms. The Hall–Kier alpha value is -1.44. The number of allylic oxidation sites excluding steroid dienone is 1. The van der Waals surface area contributed by atoms with Crippen LogP contribution in [0.1, 0.15) is 26.3 Å². The molecule has 0 saturated carbocycles. The Morgan fingerprint density at radius 1 is 1.27 bits per heavy atom. The Bertz CT molecular complexity index is 430. The molecule has 0 aliphatic carbocycles. The standard InChI is InChI=1S/C13H18N2/c1-9-8-13(2,3)15(4)12-6-5-10(14)7-11(9)12/h5-8H,14H2,1-4H3. The summed E-state index contributed by atoms with van der Waals surface area (Å²) in [6.07, 6.45) is 2.29. The van der Waals surface area contributed by atoms with E-state index in [0.29, 0.717) is 0 Å². The highest BCUT2D eigenvalue weighted by atomic mass is 15.2. The molecule has 1 aromatic carbocycles. The minimum atomic E-state index is 0.0766. The van der Waals surface area contributed by atoms with Crippen molar-refractivity contribution in [1.29, 1.82) is 0 Å². The lowest BCUT2D eigenvalue weighted by atomic mass is 9.89. The van der Waals surface area contributed by atoms with Gasteiger partial charge in [-0.1, -0.05) is 6.08 Å². The molecule has 0 saturated heterocycles. The van der Waals surface area contributed by atoms with Crippen molar-refractivity contribution < 1.29 is 0 Å². The number of nitrogen functional groups attached to an aromatic ring is 1. The van der Waals surface area contributed by atoms with E-state index in [9.17, 15) is 0 Å². The fourth-order valence-electron chi connectivity index (χ4n) is 2.18. The molecule has 80 valence electrons. The lowest BCUT2D eigenvalue weighted by Gasteiger charge is -2.40. The average Bonchev–Trinajstić information content (AvgIpc) is 2.14. The van der Waals surface area contributed by atoms with Gasteiger partial charge in [-0.3, -0.25) is 0 Å². The second kappa shape index (κ2) is 3.02. The monoisotopic (exact) mass is 202 g/mol. The fraction of sp³-hybridized carbons (Fsp3) is 0.385. The van der Waals surface area contributed by atoms with Crippen molar-refractivity contribution in [3.8, 4) is 0 Å². The zero-order valence-corrected chi connectivity index (χ0v) is 9.83. The first kappa shape index (κ1) is 10.1. The van der Waals surface area contributed by atoms with Crippen molar-refractivity contribution in [3.05, 3.63) is 29.8 Å². The van der Waals surface area contributed by atoms with Gasteiger partial charge in [0, 0.05) is 24.0 Å². The van der Waals surface area contributed by atoms with Crippen molar-refractivity contribution in [2.24, 2.45) is 0 Å². The largest absolute Gasteiger partial charge is 0.399 e. The molecule has 0 atom stereocenters. The van der Waals surface area contributed by atoms with Gasteiger partial charge in [0.2, 0.25) is 0 Å². The second-order valence-corrected chi connectivity index (χ2v) is 4.82. The third-order valence-electron chi connectivity index (χ3n) is 3.24. The summed E-state index contributed by atoms with van der Waals surface area (Å²) in [5, 5.41) is 0. The summed E-state index contributed by atoms with van der Waals surface area (Å²) in [4.78, 5) is 2.29. The van der Waals surface area contributed by atoms with Gasteiger partial charge in [0.25, 0.3) is 0 Å². The van der Waals surface area contributed by atoms with Crippen LogP contribution in [0, 0.1) is 0 Å². The Morgan fingerprint density at radius 2 is 1.93 bits per heavy atom. The van der Waals surface area contributed by atoms with Crippen LogP contribution in [0.25, 0.3) is 5.57 Å². The number of anilines is 2. The van der Waals surface area contributed by atoms with Crippen LogP contribution < -0.4 is 10.6 Å². The first-order valence-corrected chi connectivity index (χ1v) is 5.25. The summed E-state index contributed by atoms with van der Waals surface area (Å²) >= 11 is 0. The second-order valence-electron chi connectivity index (χ2n) is 4.82. The molecule has 1 aliphatic rings. The summed E-state index contributed by atoms with van der Waals surface area (Å²) in [5.41, 5.74) is 10.5. The quantitative estimate of drug-likeness (QED) is 0.655. The zero-order valence-electron chi connectivity index (χ0n) is 9.83. The van der Waals surface area contributed by atoms with E-state index < -0.39 is 0 Å². The van der Waals surface area contributed by atoms with Gasteiger partial charge >= 0.3 is 0 Å². The fourth-order valence-corrected chi connectivity index (χ4v) is 2.18. The number of likely N-dealkylation sites (N-methyl/N-ethyl adjacent to an activating group) is 1. The topological polar surface area (TPSA) is 29.3 Å². The molecule has 2 N–H and O–H groups in total. The normalized spacial score (nSPS) is 18.4. The van der Waals surface area contributed by atoms with E-state index in [2.05, 4.69) is 44.9 Å². The minimum absolute atomic E-state index is 0.0766. The van der Waals surface area contributed by atoms with Gasteiger partial charge in [-0.15, -0.1) is 0 Å². The Kier molecular flexibility index (Phi) is 2.03. The van der Waals surface area contributed by atoms with E-state index in [4.69, 9.17) is 5.73 Å². The molecule has 0 radical (unpaired) electrons. The highest BCUT2D eigenvalue weighted by Gasteiger charge is 2.27. The molecule has 0 unspecified atom stereocenters. The number of nitrogens with zero attached hydrogens (tertiary/aromatic N) is 1. The first-order chi connectivity index (χ1) is 6.92. The molecule has 0 amide bonds. The van der Waals surface area contributed by atoms with Gasteiger partial charge in [0.05, 0.1) is 5.54 Å². The Labute approximate surface area is 91.4 Å². The van der Waals surface area contributed by atoms with Crippen LogP contribution in [0.3, 0.4) is 0 Å². The summed E-state index contributed by atoms with van der Waals surface area (Å²) in [6.45, 7) is 6.58. The maximum atomic E-state index is 5.81. The van der Waals surface area contributed by atoms with Gasteiger partial charge in [-0.25, -0.2) is 0 Å². The number of nitrogens with two attached hydrogens (primary N) is 1. The summed E-state index contributed by atoms with van der Waals surface area (Å²) < 4.78 is 0. The molecule has 2 rings (SSSR count). The predicted octanol–water partition coefficient (Wildman–Crippen LogP) is 2.90. The highest BCUT2D eigenvalue weighted by molar-refractivity contribution is 5.82. The van der Waals surface area contributed by atoms with Crippen LogP contribution in [0.2, 0.25) is 0 Å². The molecule has 15 heavy (non-hydrogen) atoms. The lowest BCUT2D eigenvalue weighted by molar-refractivity contribution is 0.598. The van der Waals surface area contributed by atoms with Crippen LogP contribution in [0.5, 0.6) is 0 Å². The van der Waals surface area contributed by atoms with Crippen molar-refractivity contribution in [2.75, 3.05) is 17.7 Å². The average molecular weight is 202 g/mol. The summed E-state index contributed by atoms with van der Waals surface area (Å²) in [6, 6.07) is 6.11. The molecule has 1 heterocycles. The predicted molar refractivity (Wildman–Crippen MR) is 67.0 cm³/mol. The number of benzene rings is 1. The van der Waals surface area contributed by atoms with E-state index in [-0.39, 0.29) is 5.54 Å². The van der Waals surface area contributed by atoms with E-state index in [1.165, 1.54) is 16.8 Å². The Morgan fingerprint density at radius 3 is 2.60 bits per heavy atom. The van der Waals surface area contributed by atoms with Gasteiger partial charge in [-0.05, 0) is 44.5 Å². The molecule has 1 aliphatic heterocycles. The smallest absolute Gasteiger partial charge is 0.0531 e. The van der Waals surface area contributed by atoms with Crippen LogP contribution in [0.4, 0.5) is 11.4 Å². The maximum Gasteiger partial charge on any atom is 0.0531 e. The first-order valence-electron chi connectivity index (χ1n) is 5.25. The molecule has 0 fully saturated rings. The molecule has 2 heteroatoms. The number of hydrogen-bond acceptors (Lipinski definition) is 2. The van der Waals surface area contributed by atoms with Crippen LogP contribution >= 0.6 is 0 Å². The molecular formula is C13H18N2. The molecule has 0 spiro atoms. The summed E-state index contributed by atoms with van der Waals surface area (Å²) in [5.74, 6) is 0. The molecular weight excluding hydrogens is 184 g/mol. The van der Waals surface area contributed by atoms with Crippen molar-refractivity contribution in [2.45, 2.75) is 26.3 Å². The minimum Gasteiger partial charge on any atom is -0.399 e. The third kappa shape index (κ3) is 1.50. The molecule has 1 aromatic rings. The van der Waals surface area contributed by atoms with Gasteiger partial charge in [-0.2, -0.15) is 0 Å². The van der Waals surface area contributed by atoms with Crippen LogP contribution in [0.15, 0.2) is 24.3 Å². The summed E-state index contributed by atoms with van der Waals surface area (Å²) in [7, 11) is 2.12. The maximum absolute atomic E-state index is 5.81. The molecule has 2 nitrogen and oxygen atoms in total. The number of fused-ring (bicyclic) bond motifs is 1. The van der Waals surface area contributed by atoms with E-state index in [1.807, 2.05) is 12.1 Å². The van der Waals surface area contributed by atoms with Crippen molar-refractivity contribution in [3.63, 3.8) is 0 Å². The number of hydrogen-bond donors (Lipinski definition) is 1. The van der Waals surface area contributed by atoms with Crippen LogP contribution in [-0.4, -0.2) is 12.6 Å². The highest BCUT2D eigenvalue weighted by Crippen LogP contribution is 2.38. The Balaban J connectivity index is 2.64. The van der Waals surface area contributed by atoms with Crippen molar-refractivity contribution in [1.82, 2.24) is 0 Å². The van der Waals surface area contributed by atoms with E-state index in [1.54, 1.807) is 0 Å². The lowest BCUT2D eigenvalue weighted by Crippen LogP contribution is -2.42. The van der Waals surface area contributed by atoms with E-state index >= 15 is 0 Å². The molecule has 0 aromatic heterocycles. The van der Waals surface area contributed by atoms with E-state index in [0.717, 1.165) is 5.69 Å². The van der Waals surface area contributed by atoms with Crippen molar-refractivity contribution >= 4 is 16.9 Å². The van der Waals surface area contributed by atoms with Crippen LogP contribution in [-0.2, 0) is 0 Å². The third-order valence-corrected chi connectivity index (χ3v) is 3.24. The van der Waals surface area contributed by atoms with Gasteiger partial charge in [0.15, 0.2) is 0 Å². The SMILES string of the molecule is CC1=CC(C)(C)N(C)c2ccc(N)cc21. The van der Waals surface area contributed by atoms with Gasteiger partial charge < -0.3 is 10.6 Å². The zero-order chi connectivity index (χ0) is 11.2. The van der Waals surface area contributed by atoms with Gasteiger partial charge in [0.1, 0.15) is 0 Å². The number of rotatable bonds is 0.